The smallest absolute Gasteiger partial charge is 0.364 e. The van der Waals surface area contributed by atoms with Crippen LogP contribution in [0.15, 0.2) is 24.5 Å². The highest BCUT2D eigenvalue weighted by atomic mass is 19.2. The molecule has 0 aliphatic carbocycles. The molecule has 3 rings (SSSR count). The van der Waals surface area contributed by atoms with Gasteiger partial charge in [0, 0.05) is 29.6 Å². The van der Waals surface area contributed by atoms with Gasteiger partial charge < -0.3 is 4.74 Å². The highest BCUT2D eigenvalue weighted by Crippen LogP contribution is 2.34. The van der Waals surface area contributed by atoms with Crippen LogP contribution in [0.2, 0.25) is 0 Å². The van der Waals surface area contributed by atoms with Gasteiger partial charge >= 0.3 is 5.97 Å². The highest BCUT2D eigenvalue weighted by molar-refractivity contribution is 5.90. The first-order valence-electron chi connectivity index (χ1n) is 7.50. The second-order valence-electron chi connectivity index (χ2n) is 5.81. The molecule has 3 aromatic rings. The Balaban J connectivity index is 2.01. The van der Waals surface area contributed by atoms with Gasteiger partial charge in [-0.2, -0.15) is 9.49 Å². The number of rotatable bonds is 3. The zero-order valence-electron chi connectivity index (χ0n) is 13.7. The first-order valence-corrected chi connectivity index (χ1v) is 7.50. The van der Waals surface area contributed by atoms with E-state index in [-0.39, 0.29) is 16.8 Å². The number of fused-ring (bicyclic) bond motifs is 1. The summed E-state index contributed by atoms with van der Waals surface area (Å²) in [7, 11) is 0. The van der Waals surface area contributed by atoms with E-state index >= 15 is 0 Å². The van der Waals surface area contributed by atoms with E-state index in [2.05, 4.69) is 10.1 Å². The summed E-state index contributed by atoms with van der Waals surface area (Å²) in [5.74, 6) is -6.09. The molecular weight excluding hydrogens is 335 g/mol. The molecule has 0 spiro atoms. The van der Waals surface area contributed by atoms with Gasteiger partial charge in [-0.05, 0) is 18.9 Å². The van der Waals surface area contributed by atoms with Gasteiger partial charge in [0.25, 0.3) is 0 Å². The molecule has 130 valence electrons. The fourth-order valence-electron chi connectivity index (χ4n) is 2.48. The van der Waals surface area contributed by atoms with Crippen molar-refractivity contribution in [2.75, 3.05) is 0 Å². The fraction of sp³-hybridized carbons (Fsp3) is 0.235. The van der Waals surface area contributed by atoms with Crippen LogP contribution in [0.5, 0.6) is 5.75 Å². The fourth-order valence-corrected chi connectivity index (χ4v) is 2.48. The minimum Gasteiger partial charge on any atom is -0.418 e. The van der Waals surface area contributed by atoms with E-state index in [1.165, 1.54) is 37.5 Å². The Hall–Kier alpha value is -2.90. The summed E-state index contributed by atoms with van der Waals surface area (Å²) in [6.45, 7) is 4.29. The highest BCUT2D eigenvalue weighted by Gasteiger charge is 2.27. The number of hydrogen-bond acceptors (Lipinski definition) is 4. The van der Waals surface area contributed by atoms with E-state index in [1.54, 1.807) is 12.3 Å². The largest absolute Gasteiger partial charge is 0.418 e. The van der Waals surface area contributed by atoms with Crippen molar-refractivity contribution in [3.05, 3.63) is 58.8 Å². The summed E-state index contributed by atoms with van der Waals surface area (Å²) < 4.78 is 49.0. The lowest BCUT2D eigenvalue weighted by molar-refractivity contribution is 0.0718. The molecule has 2 heterocycles. The third-order valence-corrected chi connectivity index (χ3v) is 3.75. The second kappa shape index (κ2) is 6.19. The predicted molar refractivity (Wildman–Crippen MR) is 83.1 cm³/mol. The van der Waals surface area contributed by atoms with Crippen LogP contribution < -0.4 is 4.74 Å². The molecule has 25 heavy (non-hydrogen) atoms. The van der Waals surface area contributed by atoms with Crippen molar-refractivity contribution in [1.29, 1.82) is 0 Å². The Morgan fingerprint density at radius 2 is 1.92 bits per heavy atom. The molecule has 0 saturated heterocycles. The molecule has 0 saturated carbocycles. The minimum atomic E-state index is -1.40. The van der Waals surface area contributed by atoms with Gasteiger partial charge in [-0.1, -0.05) is 13.8 Å². The molecular formula is C17H14F3N3O2. The number of aromatic nitrogens is 3. The number of ether oxygens (including phenoxy) is 1. The van der Waals surface area contributed by atoms with Crippen LogP contribution in [0.3, 0.4) is 0 Å². The molecule has 0 fully saturated rings. The van der Waals surface area contributed by atoms with Gasteiger partial charge in [0.15, 0.2) is 22.9 Å². The third kappa shape index (κ3) is 2.84. The molecule has 0 radical (unpaired) electrons. The van der Waals surface area contributed by atoms with E-state index in [1.807, 2.05) is 0 Å². The molecule has 0 bridgehead atoms. The Labute approximate surface area is 141 Å². The van der Waals surface area contributed by atoms with Gasteiger partial charge in [0.1, 0.15) is 5.82 Å². The van der Waals surface area contributed by atoms with Crippen molar-refractivity contribution in [3.63, 3.8) is 0 Å². The van der Waals surface area contributed by atoms with Gasteiger partial charge in [-0.15, -0.1) is 0 Å². The molecule has 0 amide bonds. The summed E-state index contributed by atoms with van der Waals surface area (Å²) in [4.78, 5) is 16.2. The Kier molecular flexibility index (Phi) is 4.20. The summed E-state index contributed by atoms with van der Waals surface area (Å²) in [5, 5.41) is 3.93. The van der Waals surface area contributed by atoms with Crippen molar-refractivity contribution < 1.29 is 22.7 Å². The van der Waals surface area contributed by atoms with E-state index in [4.69, 9.17) is 4.74 Å². The molecule has 0 aliphatic rings. The van der Waals surface area contributed by atoms with E-state index in [0.717, 1.165) is 0 Å². The molecule has 1 aromatic carbocycles. The SMILES string of the molecule is Cc1c(F)c(C(C)C)c(F)c(F)c1OC(=O)c1cc2ncccn2n1. The lowest BCUT2D eigenvalue weighted by Gasteiger charge is -2.15. The summed E-state index contributed by atoms with van der Waals surface area (Å²) >= 11 is 0. The average Bonchev–Trinajstić information content (AvgIpc) is 3.01. The third-order valence-electron chi connectivity index (χ3n) is 3.75. The Morgan fingerprint density at radius 3 is 2.56 bits per heavy atom. The number of benzene rings is 1. The predicted octanol–water partition coefficient (Wildman–Crippen LogP) is 3.80. The van der Waals surface area contributed by atoms with Crippen LogP contribution in [-0.4, -0.2) is 20.6 Å². The standard InChI is InChI=1S/C17H14F3N3O2/c1-8(2)12-13(18)9(3)16(15(20)14(12)19)25-17(24)10-7-11-21-5-4-6-23(11)22-10/h4-8H,1-3H3. The molecule has 8 heteroatoms. The maximum atomic E-state index is 14.3. The Bertz CT molecular complexity index is 921. The van der Waals surface area contributed by atoms with E-state index in [0.29, 0.717) is 5.65 Å². The Morgan fingerprint density at radius 1 is 1.20 bits per heavy atom. The minimum absolute atomic E-state index is 0.161. The molecule has 2 aromatic heterocycles. The molecule has 5 nitrogen and oxygen atoms in total. The second-order valence-corrected chi connectivity index (χ2v) is 5.81. The molecule has 0 atom stereocenters. The van der Waals surface area contributed by atoms with Crippen LogP contribution in [0.4, 0.5) is 13.2 Å². The number of halogens is 3. The van der Waals surface area contributed by atoms with Crippen molar-refractivity contribution in [1.82, 2.24) is 14.6 Å². The summed E-state index contributed by atoms with van der Waals surface area (Å²) in [6.07, 6.45) is 3.06. The molecule has 0 aliphatic heterocycles. The van der Waals surface area contributed by atoms with Gasteiger partial charge in [-0.25, -0.2) is 23.1 Å². The maximum absolute atomic E-state index is 14.3. The summed E-state index contributed by atoms with van der Waals surface area (Å²) in [6, 6.07) is 2.93. The normalized spacial score (nSPS) is 11.3. The van der Waals surface area contributed by atoms with Crippen LogP contribution >= 0.6 is 0 Å². The zero-order chi connectivity index (χ0) is 18.3. The average molecular weight is 349 g/mol. The van der Waals surface area contributed by atoms with Crippen LogP contribution in [0, 0.1) is 24.4 Å². The van der Waals surface area contributed by atoms with Crippen LogP contribution in [0.25, 0.3) is 5.65 Å². The van der Waals surface area contributed by atoms with Crippen LogP contribution in [-0.2, 0) is 0 Å². The summed E-state index contributed by atoms with van der Waals surface area (Å²) in [5.41, 5.74) is -0.449. The van der Waals surface area contributed by atoms with Crippen LogP contribution in [0.1, 0.15) is 41.4 Å². The first kappa shape index (κ1) is 16.9. The monoisotopic (exact) mass is 349 g/mol. The van der Waals surface area contributed by atoms with Gasteiger partial charge in [0.2, 0.25) is 5.82 Å². The number of hydrogen-bond donors (Lipinski definition) is 0. The van der Waals surface area contributed by atoms with Crippen molar-refractivity contribution in [2.24, 2.45) is 0 Å². The lowest BCUT2D eigenvalue weighted by atomic mass is 9.98. The number of carbonyl (C=O) groups is 1. The lowest BCUT2D eigenvalue weighted by Crippen LogP contribution is -2.14. The number of esters is 1. The first-order chi connectivity index (χ1) is 11.8. The van der Waals surface area contributed by atoms with Crippen molar-refractivity contribution in [3.8, 4) is 5.75 Å². The molecule has 0 unspecified atom stereocenters. The zero-order valence-corrected chi connectivity index (χ0v) is 13.7. The van der Waals surface area contributed by atoms with E-state index < -0.39 is 35.1 Å². The van der Waals surface area contributed by atoms with Crippen molar-refractivity contribution >= 4 is 11.6 Å². The quantitative estimate of drug-likeness (QED) is 0.410. The number of carbonyl (C=O) groups excluding carboxylic acids is 1. The maximum Gasteiger partial charge on any atom is 0.364 e. The molecule has 0 N–H and O–H groups in total. The number of nitrogens with zero attached hydrogens (tertiary/aromatic N) is 3. The van der Waals surface area contributed by atoms with Crippen molar-refractivity contribution in [2.45, 2.75) is 26.7 Å². The van der Waals surface area contributed by atoms with E-state index in [9.17, 15) is 18.0 Å². The topological polar surface area (TPSA) is 56.5 Å². The van der Waals surface area contributed by atoms with Gasteiger partial charge in [0.05, 0.1) is 0 Å². The van der Waals surface area contributed by atoms with Gasteiger partial charge in [-0.3, -0.25) is 0 Å².